The summed E-state index contributed by atoms with van der Waals surface area (Å²) in [5.41, 5.74) is 1.10. The lowest BCUT2D eigenvalue weighted by Gasteiger charge is -2.31. The highest BCUT2D eigenvalue weighted by molar-refractivity contribution is 5.76. The number of likely N-dealkylation sites (tertiary alicyclic amines) is 1. The van der Waals surface area contributed by atoms with Gasteiger partial charge in [0.15, 0.2) is 5.82 Å². The van der Waals surface area contributed by atoms with Gasteiger partial charge in [0.1, 0.15) is 0 Å². The van der Waals surface area contributed by atoms with Crippen LogP contribution in [0.15, 0.2) is 29.0 Å². The van der Waals surface area contributed by atoms with Crippen LogP contribution in [0.4, 0.5) is 0 Å². The second kappa shape index (κ2) is 6.68. The zero-order valence-electron chi connectivity index (χ0n) is 12.7. The first-order valence-corrected chi connectivity index (χ1v) is 7.69. The van der Waals surface area contributed by atoms with E-state index in [4.69, 9.17) is 4.52 Å². The maximum Gasteiger partial charge on any atom is 0.223 e. The van der Waals surface area contributed by atoms with Crippen molar-refractivity contribution < 1.29 is 9.32 Å². The van der Waals surface area contributed by atoms with Gasteiger partial charge in [0.25, 0.3) is 0 Å². The van der Waals surface area contributed by atoms with E-state index in [1.165, 1.54) is 0 Å². The molecule has 0 aromatic carbocycles. The number of hydrogen-bond donors (Lipinski definition) is 0. The minimum Gasteiger partial charge on any atom is -0.342 e. The molecule has 1 saturated heterocycles. The molecule has 0 radical (unpaired) electrons. The van der Waals surface area contributed by atoms with Crippen LogP contribution in [0.5, 0.6) is 0 Å². The van der Waals surface area contributed by atoms with Gasteiger partial charge in [-0.25, -0.2) is 0 Å². The third-order valence-electron chi connectivity index (χ3n) is 4.03. The third kappa shape index (κ3) is 3.50. The molecule has 1 aliphatic rings. The van der Waals surface area contributed by atoms with Crippen LogP contribution in [0.25, 0.3) is 0 Å². The first-order valence-electron chi connectivity index (χ1n) is 7.69. The van der Waals surface area contributed by atoms with Crippen LogP contribution in [-0.4, -0.2) is 39.0 Å². The summed E-state index contributed by atoms with van der Waals surface area (Å²) in [7, 11) is 0. The number of aromatic nitrogens is 3. The second-order valence-electron chi connectivity index (χ2n) is 5.71. The highest BCUT2D eigenvalue weighted by Gasteiger charge is 2.27. The maximum atomic E-state index is 12.4. The summed E-state index contributed by atoms with van der Waals surface area (Å²) in [4.78, 5) is 22.7. The maximum absolute atomic E-state index is 12.4. The molecule has 1 atom stereocenters. The molecule has 1 amide bonds. The van der Waals surface area contributed by atoms with E-state index in [-0.39, 0.29) is 11.8 Å². The van der Waals surface area contributed by atoms with Crippen LogP contribution in [0.1, 0.15) is 42.5 Å². The molecule has 0 N–H and O–H groups in total. The van der Waals surface area contributed by atoms with Gasteiger partial charge in [0.05, 0.1) is 0 Å². The van der Waals surface area contributed by atoms with Crippen LogP contribution in [0, 0.1) is 6.92 Å². The predicted molar refractivity (Wildman–Crippen MR) is 80.1 cm³/mol. The standard InChI is InChI=1S/C16H20N4O2/c1-12-18-16(19-22-12)14-5-3-9-20(11-14)15(21)7-6-13-4-2-8-17-10-13/h2,4,8,10,14H,3,5-7,9,11H2,1H3/t14-/m1/s1. The molecule has 0 unspecified atom stereocenters. The minimum atomic E-state index is 0.188. The van der Waals surface area contributed by atoms with Crippen molar-refractivity contribution >= 4 is 5.91 Å². The van der Waals surface area contributed by atoms with E-state index in [0.29, 0.717) is 18.9 Å². The number of pyridine rings is 1. The van der Waals surface area contributed by atoms with Crippen molar-refractivity contribution in [3.05, 3.63) is 41.8 Å². The van der Waals surface area contributed by atoms with Gasteiger partial charge in [-0.1, -0.05) is 11.2 Å². The van der Waals surface area contributed by atoms with E-state index < -0.39 is 0 Å². The summed E-state index contributed by atoms with van der Waals surface area (Å²) >= 11 is 0. The van der Waals surface area contributed by atoms with Crippen molar-refractivity contribution in [1.29, 1.82) is 0 Å². The lowest BCUT2D eigenvalue weighted by molar-refractivity contribution is -0.132. The molecule has 0 bridgehead atoms. The SMILES string of the molecule is Cc1nc([C@@H]2CCCN(C(=O)CCc3cccnc3)C2)no1. The van der Waals surface area contributed by atoms with Crippen molar-refractivity contribution in [2.24, 2.45) is 0 Å². The molecule has 6 heteroatoms. The Bertz CT molecular complexity index is 626. The summed E-state index contributed by atoms with van der Waals surface area (Å²) in [6, 6.07) is 3.90. The monoisotopic (exact) mass is 300 g/mol. The molecule has 1 fully saturated rings. The first kappa shape index (κ1) is 14.7. The van der Waals surface area contributed by atoms with Crippen LogP contribution in [0.3, 0.4) is 0 Å². The predicted octanol–water partition coefficient (Wildman–Crippen LogP) is 2.11. The zero-order valence-corrected chi connectivity index (χ0v) is 12.7. The van der Waals surface area contributed by atoms with Gasteiger partial charge in [0.2, 0.25) is 11.8 Å². The molecule has 0 spiro atoms. The van der Waals surface area contributed by atoms with Gasteiger partial charge >= 0.3 is 0 Å². The zero-order chi connectivity index (χ0) is 15.4. The van der Waals surface area contributed by atoms with Crippen LogP contribution in [0.2, 0.25) is 0 Å². The topological polar surface area (TPSA) is 72.1 Å². The number of rotatable bonds is 4. The van der Waals surface area contributed by atoms with Crippen LogP contribution in [-0.2, 0) is 11.2 Å². The van der Waals surface area contributed by atoms with Gasteiger partial charge in [-0.2, -0.15) is 4.98 Å². The molecule has 22 heavy (non-hydrogen) atoms. The van der Waals surface area contributed by atoms with Gasteiger partial charge in [-0.3, -0.25) is 9.78 Å². The van der Waals surface area contributed by atoms with Gasteiger partial charge in [0, 0.05) is 44.7 Å². The van der Waals surface area contributed by atoms with E-state index in [1.807, 2.05) is 23.2 Å². The molecular formula is C16H20N4O2. The van der Waals surface area contributed by atoms with Crippen molar-refractivity contribution in [2.75, 3.05) is 13.1 Å². The average Bonchev–Trinajstić information content (AvgIpc) is 3.00. The molecule has 0 saturated carbocycles. The van der Waals surface area contributed by atoms with Crippen molar-refractivity contribution in [2.45, 2.75) is 38.5 Å². The second-order valence-corrected chi connectivity index (χ2v) is 5.71. The Hall–Kier alpha value is -2.24. The molecule has 3 heterocycles. The Labute approximate surface area is 129 Å². The first-order chi connectivity index (χ1) is 10.7. The van der Waals surface area contributed by atoms with Crippen molar-refractivity contribution in [3.63, 3.8) is 0 Å². The molecule has 2 aromatic heterocycles. The van der Waals surface area contributed by atoms with E-state index in [0.717, 1.165) is 37.2 Å². The van der Waals surface area contributed by atoms with E-state index in [2.05, 4.69) is 15.1 Å². The van der Waals surface area contributed by atoms with Gasteiger partial charge in [-0.15, -0.1) is 0 Å². The summed E-state index contributed by atoms with van der Waals surface area (Å²) < 4.78 is 5.05. The normalized spacial score (nSPS) is 18.4. The van der Waals surface area contributed by atoms with Crippen molar-refractivity contribution in [3.8, 4) is 0 Å². The number of hydrogen-bond acceptors (Lipinski definition) is 5. The van der Waals surface area contributed by atoms with Gasteiger partial charge < -0.3 is 9.42 Å². The van der Waals surface area contributed by atoms with E-state index in [1.54, 1.807) is 13.1 Å². The minimum absolute atomic E-state index is 0.188. The molecule has 0 aliphatic carbocycles. The molecule has 2 aromatic rings. The fraction of sp³-hybridized carbons (Fsp3) is 0.500. The average molecular weight is 300 g/mol. The molecule has 1 aliphatic heterocycles. The number of piperidine rings is 1. The fourth-order valence-electron chi connectivity index (χ4n) is 2.85. The molecular weight excluding hydrogens is 280 g/mol. The van der Waals surface area contributed by atoms with Crippen molar-refractivity contribution in [1.82, 2.24) is 20.0 Å². The van der Waals surface area contributed by atoms with Crippen LogP contribution >= 0.6 is 0 Å². The van der Waals surface area contributed by atoms with Gasteiger partial charge in [-0.05, 0) is 30.9 Å². The highest BCUT2D eigenvalue weighted by atomic mass is 16.5. The number of carbonyl (C=O) groups is 1. The van der Waals surface area contributed by atoms with Crippen LogP contribution < -0.4 is 0 Å². The molecule has 3 rings (SSSR count). The number of nitrogens with zero attached hydrogens (tertiary/aromatic N) is 4. The lowest BCUT2D eigenvalue weighted by Crippen LogP contribution is -2.39. The molecule has 6 nitrogen and oxygen atoms in total. The smallest absolute Gasteiger partial charge is 0.223 e. The summed E-state index contributed by atoms with van der Waals surface area (Å²) in [5, 5.41) is 3.99. The number of amides is 1. The van der Waals surface area contributed by atoms with E-state index >= 15 is 0 Å². The lowest BCUT2D eigenvalue weighted by atomic mass is 9.97. The third-order valence-corrected chi connectivity index (χ3v) is 4.03. The number of aryl methyl sites for hydroxylation is 2. The van der Waals surface area contributed by atoms with E-state index in [9.17, 15) is 4.79 Å². The highest BCUT2D eigenvalue weighted by Crippen LogP contribution is 2.25. The Morgan fingerprint density at radius 2 is 2.41 bits per heavy atom. The fourth-order valence-corrected chi connectivity index (χ4v) is 2.85. The summed E-state index contributed by atoms with van der Waals surface area (Å²) in [5.74, 6) is 1.68. The number of carbonyl (C=O) groups excluding carboxylic acids is 1. The summed E-state index contributed by atoms with van der Waals surface area (Å²) in [6.07, 6.45) is 6.79. The Balaban J connectivity index is 1.56. The summed E-state index contributed by atoms with van der Waals surface area (Å²) in [6.45, 7) is 3.29. The molecule has 116 valence electrons. The Morgan fingerprint density at radius 3 is 3.14 bits per heavy atom. The quantitative estimate of drug-likeness (QED) is 0.864. The Kier molecular flexibility index (Phi) is 4.46. The largest absolute Gasteiger partial charge is 0.342 e. The Morgan fingerprint density at radius 1 is 1.50 bits per heavy atom.